The van der Waals surface area contributed by atoms with Crippen LogP contribution in [0.5, 0.6) is 0 Å². The summed E-state index contributed by atoms with van der Waals surface area (Å²) in [5, 5.41) is 3.16. The molecule has 0 heterocycles. The maximum absolute atomic E-state index is 10.8. The van der Waals surface area contributed by atoms with E-state index in [2.05, 4.69) is 21.2 Å². The predicted octanol–water partition coefficient (Wildman–Crippen LogP) is 0.912. The number of primary amides is 1. The minimum atomic E-state index is -0.644. The second-order valence-electron chi connectivity index (χ2n) is 3.69. The Morgan fingerprint density at radius 3 is 2.81 bits per heavy atom. The molecule has 0 aromatic heterocycles. The van der Waals surface area contributed by atoms with E-state index < -0.39 is 11.9 Å². The highest BCUT2D eigenvalue weighted by Gasteiger charge is 2.11. The summed E-state index contributed by atoms with van der Waals surface area (Å²) >= 11 is 3.41. The third-order valence-corrected chi connectivity index (χ3v) is 2.85. The van der Waals surface area contributed by atoms with Gasteiger partial charge in [-0.05, 0) is 24.6 Å². The lowest BCUT2D eigenvalue weighted by molar-refractivity contribution is -0.119. The van der Waals surface area contributed by atoms with Gasteiger partial charge in [-0.3, -0.25) is 4.79 Å². The van der Waals surface area contributed by atoms with Crippen LogP contribution in [0.15, 0.2) is 28.7 Å². The zero-order valence-corrected chi connectivity index (χ0v) is 10.7. The van der Waals surface area contributed by atoms with Crippen molar-refractivity contribution < 1.29 is 4.79 Å². The van der Waals surface area contributed by atoms with Crippen LogP contribution in [-0.2, 0) is 4.79 Å². The average Bonchev–Trinajstić information content (AvgIpc) is 2.25. The molecule has 1 aromatic carbocycles. The van der Waals surface area contributed by atoms with E-state index in [1.807, 2.05) is 31.2 Å². The lowest BCUT2D eigenvalue weighted by atomic mass is 10.1. The fraction of sp³-hybridized carbons (Fsp3) is 0.364. The Labute approximate surface area is 104 Å². The molecule has 0 saturated carbocycles. The summed E-state index contributed by atoms with van der Waals surface area (Å²) in [6.07, 6.45) is 0. The number of carbonyl (C=O) groups excluding carboxylic acids is 1. The maximum atomic E-state index is 10.8. The van der Waals surface area contributed by atoms with E-state index in [-0.39, 0.29) is 6.04 Å². The Kier molecular flexibility index (Phi) is 4.92. The molecular weight excluding hydrogens is 270 g/mol. The molecule has 0 fully saturated rings. The smallest absolute Gasteiger partial charge is 0.235 e. The van der Waals surface area contributed by atoms with Gasteiger partial charge in [0.15, 0.2) is 0 Å². The molecule has 5 heteroatoms. The number of hydrogen-bond acceptors (Lipinski definition) is 3. The standard InChI is InChI=1S/C11H16BrN3O/c1-7(15-6-10(13)11(14)16)8-3-2-4-9(12)5-8/h2-5,7,10,15H,6,13H2,1H3,(H2,14,16). The van der Waals surface area contributed by atoms with E-state index in [1.54, 1.807) is 0 Å². The van der Waals surface area contributed by atoms with Gasteiger partial charge in [0.05, 0.1) is 6.04 Å². The van der Waals surface area contributed by atoms with Gasteiger partial charge < -0.3 is 16.8 Å². The highest BCUT2D eigenvalue weighted by Crippen LogP contribution is 2.17. The van der Waals surface area contributed by atoms with E-state index in [0.29, 0.717) is 6.54 Å². The molecule has 4 nitrogen and oxygen atoms in total. The second kappa shape index (κ2) is 5.98. The molecule has 0 aliphatic heterocycles. The van der Waals surface area contributed by atoms with Crippen molar-refractivity contribution in [2.45, 2.75) is 19.0 Å². The number of hydrogen-bond donors (Lipinski definition) is 3. The molecule has 5 N–H and O–H groups in total. The first-order chi connectivity index (χ1) is 7.50. The van der Waals surface area contributed by atoms with E-state index in [4.69, 9.17) is 11.5 Å². The molecule has 16 heavy (non-hydrogen) atoms. The molecule has 0 bridgehead atoms. The molecule has 2 atom stereocenters. The van der Waals surface area contributed by atoms with E-state index in [0.717, 1.165) is 10.0 Å². The van der Waals surface area contributed by atoms with Crippen LogP contribution in [0.25, 0.3) is 0 Å². The van der Waals surface area contributed by atoms with Crippen LogP contribution in [0.3, 0.4) is 0 Å². The molecule has 1 amide bonds. The van der Waals surface area contributed by atoms with Crippen LogP contribution in [-0.4, -0.2) is 18.5 Å². The van der Waals surface area contributed by atoms with Gasteiger partial charge in [-0.1, -0.05) is 28.1 Å². The van der Waals surface area contributed by atoms with Gasteiger partial charge in [-0.15, -0.1) is 0 Å². The van der Waals surface area contributed by atoms with Crippen molar-refractivity contribution in [2.75, 3.05) is 6.54 Å². The number of nitrogens with two attached hydrogens (primary N) is 2. The summed E-state index contributed by atoms with van der Waals surface area (Å²) in [6.45, 7) is 2.39. The Balaban J connectivity index is 2.52. The fourth-order valence-corrected chi connectivity index (χ4v) is 1.72. The number of nitrogens with one attached hydrogen (secondary N) is 1. The van der Waals surface area contributed by atoms with E-state index in [9.17, 15) is 4.79 Å². The maximum Gasteiger partial charge on any atom is 0.235 e. The van der Waals surface area contributed by atoms with Crippen molar-refractivity contribution in [1.82, 2.24) is 5.32 Å². The van der Waals surface area contributed by atoms with Crippen molar-refractivity contribution in [3.05, 3.63) is 34.3 Å². The quantitative estimate of drug-likeness (QED) is 0.752. The molecule has 0 radical (unpaired) electrons. The number of rotatable bonds is 5. The van der Waals surface area contributed by atoms with Gasteiger partial charge in [0.2, 0.25) is 5.91 Å². The third-order valence-electron chi connectivity index (χ3n) is 2.36. The molecule has 0 saturated heterocycles. The highest BCUT2D eigenvalue weighted by molar-refractivity contribution is 9.10. The van der Waals surface area contributed by atoms with Gasteiger partial charge in [0.25, 0.3) is 0 Å². The minimum absolute atomic E-state index is 0.128. The summed E-state index contributed by atoms with van der Waals surface area (Å²) in [4.78, 5) is 10.8. The number of carbonyl (C=O) groups is 1. The number of benzene rings is 1. The Morgan fingerprint density at radius 2 is 2.25 bits per heavy atom. The van der Waals surface area contributed by atoms with Crippen LogP contribution < -0.4 is 16.8 Å². The molecule has 0 spiro atoms. The summed E-state index contributed by atoms with van der Waals surface area (Å²) in [7, 11) is 0. The number of halogens is 1. The van der Waals surface area contributed by atoms with Crippen molar-refractivity contribution in [3.8, 4) is 0 Å². The van der Waals surface area contributed by atoms with E-state index in [1.165, 1.54) is 0 Å². The van der Waals surface area contributed by atoms with Crippen LogP contribution >= 0.6 is 15.9 Å². The van der Waals surface area contributed by atoms with Gasteiger partial charge in [0.1, 0.15) is 0 Å². The lowest BCUT2D eigenvalue weighted by Gasteiger charge is -2.16. The molecule has 0 aliphatic rings. The highest BCUT2D eigenvalue weighted by atomic mass is 79.9. The van der Waals surface area contributed by atoms with Gasteiger partial charge in [-0.25, -0.2) is 0 Å². The van der Waals surface area contributed by atoms with E-state index >= 15 is 0 Å². The summed E-state index contributed by atoms with van der Waals surface area (Å²) in [5.41, 5.74) is 11.7. The van der Waals surface area contributed by atoms with Crippen molar-refractivity contribution in [2.24, 2.45) is 11.5 Å². The molecule has 0 aliphatic carbocycles. The van der Waals surface area contributed by atoms with Gasteiger partial charge in [0, 0.05) is 17.1 Å². The van der Waals surface area contributed by atoms with Crippen molar-refractivity contribution >= 4 is 21.8 Å². The van der Waals surface area contributed by atoms with Crippen LogP contribution in [0.1, 0.15) is 18.5 Å². The molecule has 1 aromatic rings. The Hall–Kier alpha value is -0.910. The topological polar surface area (TPSA) is 81.1 Å². The largest absolute Gasteiger partial charge is 0.368 e. The van der Waals surface area contributed by atoms with Crippen LogP contribution in [0.4, 0.5) is 0 Å². The zero-order valence-electron chi connectivity index (χ0n) is 9.11. The van der Waals surface area contributed by atoms with Gasteiger partial charge >= 0.3 is 0 Å². The first-order valence-electron chi connectivity index (χ1n) is 5.04. The Bertz CT molecular complexity index is 370. The van der Waals surface area contributed by atoms with Gasteiger partial charge in [-0.2, -0.15) is 0 Å². The first-order valence-corrected chi connectivity index (χ1v) is 5.83. The SMILES string of the molecule is CC(NCC(N)C(N)=O)c1cccc(Br)c1. The monoisotopic (exact) mass is 285 g/mol. The van der Waals surface area contributed by atoms with Crippen LogP contribution in [0, 0.1) is 0 Å². The number of amides is 1. The molecule has 2 unspecified atom stereocenters. The lowest BCUT2D eigenvalue weighted by Crippen LogP contribution is -2.44. The summed E-state index contributed by atoms with van der Waals surface area (Å²) < 4.78 is 1.03. The zero-order chi connectivity index (χ0) is 12.1. The molecule has 1 rings (SSSR count). The first kappa shape index (κ1) is 13.2. The molecular formula is C11H16BrN3O. The average molecular weight is 286 g/mol. The normalized spacial score (nSPS) is 14.4. The minimum Gasteiger partial charge on any atom is -0.368 e. The predicted molar refractivity (Wildman–Crippen MR) is 67.7 cm³/mol. The van der Waals surface area contributed by atoms with Crippen molar-refractivity contribution in [3.63, 3.8) is 0 Å². The fourth-order valence-electron chi connectivity index (χ4n) is 1.30. The second-order valence-corrected chi connectivity index (χ2v) is 4.61. The third kappa shape index (κ3) is 3.92. The van der Waals surface area contributed by atoms with Crippen LogP contribution in [0.2, 0.25) is 0 Å². The summed E-state index contributed by atoms with van der Waals surface area (Å²) in [6, 6.07) is 7.44. The Morgan fingerprint density at radius 1 is 1.56 bits per heavy atom. The molecule has 88 valence electrons. The van der Waals surface area contributed by atoms with Crippen molar-refractivity contribution in [1.29, 1.82) is 0 Å². The summed E-state index contributed by atoms with van der Waals surface area (Å²) in [5.74, 6) is -0.492.